The highest BCUT2D eigenvalue weighted by molar-refractivity contribution is 6.05. The predicted octanol–water partition coefficient (Wildman–Crippen LogP) is 5.31. The van der Waals surface area contributed by atoms with Crippen LogP contribution < -0.4 is 10.6 Å². The number of carbonyl (C=O) groups excluding carboxylic acids is 2. The Bertz CT molecular complexity index is 1070. The average molecular weight is 399 g/mol. The minimum absolute atomic E-state index is 0.0552. The zero-order valence-electron chi connectivity index (χ0n) is 17.2. The summed E-state index contributed by atoms with van der Waals surface area (Å²) in [6.07, 6.45) is 5.06. The fraction of sp³-hybridized carbons (Fsp3) is 0.231. The number of anilines is 2. The van der Waals surface area contributed by atoms with Gasteiger partial charge >= 0.3 is 0 Å². The Labute approximate surface area is 177 Å². The van der Waals surface area contributed by atoms with Crippen LogP contribution in [-0.4, -0.2) is 11.8 Å². The number of fused-ring (bicyclic) bond motifs is 1. The Morgan fingerprint density at radius 1 is 0.800 bits per heavy atom. The Kier molecular flexibility index (Phi) is 5.94. The van der Waals surface area contributed by atoms with E-state index in [0.29, 0.717) is 23.4 Å². The van der Waals surface area contributed by atoms with Gasteiger partial charge in [0.15, 0.2) is 0 Å². The first kappa shape index (κ1) is 19.9. The van der Waals surface area contributed by atoms with Crippen LogP contribution in [0.25, 0.3) is 0 Å². The molecule has 0 unspecified atom stereocenters. The number of amides is 2. The van der Waals surface area contributed by atoms with Gasteiger partial charge in [0, 0.05) is 16.9 Å². The second kappa shape index (κ2) is 8.95. The van der Waals surface area contributed by atoms with Crippen molar-refractivity contribution in [2.45, 2.75) is 39.0 Å². The number of benzene rings is 3. The number of hydrogen-bond acceptors (Lipinski definition) is 2. The Hall–Kier alpha value is -3.40. The fourth-order valence-corrected chi connectivity index (χ4v) is 3.97. The van der Waals surface area contributed by atoms with E-state index in [-0.39, 0.29) is 11.8 Å². The van der Waals surface area contributed by atoms with Crippen LogP contribution in [0.5, 0.6) is 0 Å². The third-order valence-electron chi connectivity index (χ3n) is 5.67. The Balaban J connectivity index is 1.44. The first-order valence-corrected chi connectivity index (χ1v) is 10.5. The standard InChI is InChI=1S/C26H26N2O2/c1-18-23(12-7-13-24(18)28-26(30)21-9-3-2-4-10-21)27-25(29)17-19-14-15-20-8-5-6-11-22(20)16-19/h2-4,7,9-10,12-16H,5-6,8,11,17H2,1H3,(H,27,29)(H,28,30). The van der Waals surface area contributed by atoms with Crippen molar-refractivity contribution in [1.29, 1.82) is 0 Å². The summed E-state index contributed by atoms with van der Waals surface area (Å²) >= 11 is 0. The number of nitrogens with one attached hydrogen (secondary N) is 2. The van der Waals surface area contributed by atoms with Crippen molar-refractivity contribution >= 4 is 23.2 Å². The van der Waals surface area contributed by atoms with Crippen LogP contribution in [0.3, 0.4) is 0 Å². The maximum absolute atomic E-state index is 12.7. The molecule has 1 aliphatic rings. The van der Waals surface area contributed by atoms with Gasteiger partial charge in [-0.25, -0.2) is 0 Å². The molecule has 3 aromatic carbocycles. The molecule has 0 saturated carbocycles. The van der Waals surface area contributed by atoms with Crippen LogP contribution >= 0.6 is 0 Å². The minimum Gasteiger partial charge on any atom is -0.325 e. The molecule has 2 N–H and O–H groups in total. The number of carbonyl (C=O) groups is 2. The molecule has 0 aromatic heterocycles. The van der Waals surface area contributed by atoms with Crippen LogP contribution in [0.2, 0.25) is 0 Å². The normalized spacial score (nSPS) is 12.7. The third kappa shape index (κ3) is 4.60. The summed E-state index contributed by atoms with van der Waals surface area (Å²) in [5.74, 6) is -0.225. The molecule has 0 spiro atoms. The summed E-state index contributed by atoms with van der Waals surface area (Å²) in [5.41, 5.74) is 6.68. The van der Waals surface area contributed by atoms with Gasteiger partial charge in [-0.15, -0.1) is 0 Å². The van der Waals surface area contributed by atoms with E-state index in [9.17, 15) is 9.59 Å². The van der Waals surface area contributed by atoms with Crippen LogP contribution in [-0.2, 0) is 24.1 Å². The monoisotopic (exact) mass is 398 g/mol. The molecular weight excluding hydrogens is 372 g/mol. The van der Waals surface area contributed by atoms with Crippen LogP contribution in [0, 0.1) is 6.92 Å². The van der Waals surface area contributed by atoms with E-state index in [2.05, 4.69) is 28.8 Å². The highest BCUT2D eigenvalue weighted by Crippen LogP contribution is 2.25. The molecule has 0 radical (unpaired) electrons. The fourth-order valence-electron chi connectivity index (χ4n) is 3.97. The summed E-state index contributed by atoms with van der Waals surface area (Å²) in [7, 11) is 0. The van der Waals surface area contributed by atoms with E-state index in [0.717, 1.165) is 24.0 Å². The van der Waals surface area contributed by atoms with Crippen LogP contribution in [0.15, 0.2) is 66.7 Å². The quantitative estimate of drug-likeness (QED) is 0.612. The van der Waals surface area contributed by atoms with Gasteiger partial charge in [-0.3, -0.25) is 9.59 Å². The van der Waals surface area contributed by atoms with Crippen molar-refractivity contribution in [3.63, 3.8) is 0 Å². The van der Waals surface area contributed by atoms with E-state index in [1.165, 1.54) is 24.0 Å². The lowest BCUT2D eigenvalue weighted by Gasteiger charge is -2.17. The second-order valence-electron chi connectivity index (χ2n) is 7.83. The molecule has 0 saturated heterocycles. The summed E-state index contributed by atoms with van der Waals surface area (Å²) in [4.78, 5) is 25.1. The maximum Gasteiger partial charge on any atom is 0.255 e. The van der Waals surface area contributed by atoms with Gasteiger partial charge in [-0.05, 0) is 79.1 Å². The smallest absolute Gasteiger partial charge is 0.255 e. The van der Waals surface area contributed by atoms with Crippen molar-refractivity contribution in [3.8, 4) is 0 Å². The van der Waals surface area contributed by atoms with Crippen molar-refractivity contribution in [3.05, 3.63) is 94.5 Å². The van der Waals surface area contributed by atoms with E-state index in [1.807, 2.05) is 43.3 Å². The van der Waals surface area contributed by atoms with Gasteiger partial charge < -0.3 is 10.6 Å². The lowest BCUT2D eigenvalue weighted by atomic mass is 9.90. The molecular formula is C26H26N2O2. The van der Waals surface area contributed by atoms with Crippen molar-refractivity contribution in [2.24, 2.45) is 0 Å². The molecule has 0 aliphatic heterocycles. The third-order valence-corrected chi connectivity index (χ3v) is 5.67. The number of rotatable bonds is 5. The molecule has 4 nitrogen and oxygen atoms in total. The zero-order chi connectivity index (χ0) is 20.9. The van der Waals surface area contributed by atoms with Crippen LogP contribution in [0.1, 0.15) is 45.5 Å². The minimum atomic E-state index is -0.170. The van der Waals surface area contributed by atoms with Gasteiger partial charge in [0.25, 0.3) is 5.91 Å². The first-order valence-electron chi connectivity index (χ1n) is 10.5. The van der Waals surface area contributed by atoms with Gasteiger partial charge in [0.2, 0.25) is 5.91 Å². The van der Waals surface area contributed by atoms with E-state index in [4.69, 9.17) is 0 Å². The Morgan fingerprint density at radius 2 is 1.50 bits per heavy atom. The van der Waals surface area contributed by atoms with Crippen molar-refractivity contribution in [1.82, 2.24) is 0 Å². The van der Waals surface area contributed by atoms with Gasteiger partial charge in [-0.1, -0.05) is 42.5 Å². The van der Waals surface area contributed by atoms with Gasteiger partial charge in [0.05, 0.1) is 6.42 Å². The predicted molar refractivity (Wildman–Crippen MR) is 121 cm³/mol. The second-order valence-corrected chi connectivity index (χ2v) is 7.83. The number of hydrogen-bond donors (Lipinski definition) is 2. The lowest BCUT2D eigenvalue weighted by Crippen LogP contribution is -2.17. The molecule has 2 amide bonds. The molecule has 0 heterocycles. The summed E-state index contributed by atoms with van der Waals surface area (Å²) in [6.45, 7) is 1.90. The molecule has 30 heavy (non-hydrogen) atoms. The average Bonchev–Trinajstić information content (AvgIpc) is 2.77. The zero-order valence-corrected chi connectivity index (χ0v) is 17.2. The summed E-state index contributed by atoms with van der Waals surface area (Å²) in [5, 5.41) is 5.94. The first-order chi connectivity index (χ1) is 14.6. The molecule has 0 atom stereocenters. The number of aryl methyl sites for hydroxylation is 2. The molecule has 152 valence electrons. The summed E-state index contributed by atoms with van der Waals surface area (Å²) in [6, 6.07) is 21.0. The highest BCUT2D eigenvalue weighted by atomic mass is 16.2. The van der Waals surface area contributed by atoms with Crippen LogP contribution in [0.4, 0.5) is 11.4 Å². The molecule has 0 bridgehead atoms. The van der Waals surface area contributed by atoms with E-state index in [1.54, 1.807) is 12.1 Å². The SMILES string of the molecule is Cc1c(NC(=O)Cc2ccc3c(c2)CCCC3)cccc1NC(=O)c1ccccc1. The van der Waals surface area contributed by atoms with E-state index >= 15 is 0 Å². The largest absolute Gasteiger partial charge is 0.325 e. The van der Waals surface area contributed by atoms with Gasteiger partial charge in [0.1, 0.15) is 0 Å². The Morgan fingerprint density at radius 3 is 2.27 bits per heavy atom. The topological polar surface area (TPSA) is 58.2 Å². The summed E-state index contributed by atoms with van der Waals surface area (Å²) < 4.78 is 0. The van der Waals surface area contributed by atoms with Crippen molar-refractivity contribution < 1.29 is 9.59 Å². The molecule has 1 aliphatic carbocycles. The van der Waals surface area contributed by atoms with E-state index < -0.39 is 0 Å². The molecule has 4 rings (SSSR count). The molecule has 4 heteroatoms. The van der Waals surface area contributed by atoms with Crippen molar-refractivity contribution in [2.75, 3.05) is 10.6 Å². The maximum atomic E-state index is 12.7. The molecule has 0 fully saturated rings. The highest BCUT2D eigenvalue weighted by Gasteiger charge is 2.13. The van der Waals surface area contributed by atoms with Gasteiger partial charge in [-0.2, -0.15) is 0 Å². The lowest BCUT2D eigenvalue weighted by molar-refractivity contribution is -0.115. The molecule has 3 aromatic rings.